The minimum Gasteiger partial charge on any atom is -0.481 e. The Hall–Kier alpha value is -1.45. The molecule has 0 saturated heterocycles. The Labute approximate surface area is 101 Å². The van der Waals surface area contributed by atoms with Gasteiger partial charge in [-0.3, -0.25) is 9.59 Å². The van der Waals surface area contributed by atoms with E-state index in [1.165, 1.54) is 12.1 Å². The summed E-state index contributed by atoms with van der Waals surface area (Å²) in [7, 11) is -3.80. The zero-order valence-electron chi connectivity index (χ0n) is 8.54. The maximum atomic E-state index is 11.6. The summed E-state index contributed by atoms with van der Waals surface area (Å²) in [4.78, 5) is 21.3. The quantitative estimate of drug-likeness (QED) is 0.624. The molecule has 1 rings (SSSR count). The Bertz CT molecular complexity index is 534. The summed E-state index contributed by atoms with van der Waals surface area (Å²) in [5.41, 5.74) is 4.81. The van der Waals surface area contributed by atoms with E-state index in [1.807, 2.05) is 4.72 Å². The molecule has 0 aliphatic carbocycles. The lowest BCUT2D eigenvalue weighted by Crippen LogP contribution is -2.32. The van der Waals surface area contributed by atoms with Gasteiger partial charge in [0.25, 0.3) is 10.0 Å². The van der Waals surface area contributed by atoms with E-state index in [2.05, 4.69) is 0 Å². The number of carboxylic acids is 1. The van der Waals surface area contributed by atoms with E-state index >= 15 is 0 Å². The van der Waals surface area contributed by atoms with Crippen LogP contribution in [0.15, 0.2) is 16.3 Å². The van der Waals surface area contributed by atoms with Crippen LogP contribution in [0, 0.1) is 0 Å². The van der Waals surface area contributed by atoms with E-state index in [-0.39, 0.29) is 10.6 Å². The lowest BCUT2D eigenvalue weighted by atomic mass is 10.3. The van der Waals surface area contributed by atoms with Crippen molar-refractivity contribution in [1.29, 1.82) is 0 Å². The van der Waals surface area contributed by atoms with Crippen molar-refractivity contribution in [3.8, 4) is 0 Å². The fraction of sp³-hybridized carbons (Fsp3) is 0.250. The van der Waals surface area contributed by atoms with Crippen LogP contribution in [0.25, 0.3) is 0 Å². The first-order valence-electron chi connectivity index (χ1n) is 4.40. The summed E-state index contributed by atoms with van der Waals surface area (Å²) >= 11 is 0.836. The van der Waals surface area contributed by atoms with Crippen molar-refractivity contribution in [1.82, 2.24) is 4.72 Å². The number of hydrogen-bond donors (Lipinski definition) is 3. The van der Waals surface area contributed by atoms with Crippen LogP contribution in [0.2, 0.25) is 0 Å². The van der Waals surface area contributed by atoms with Gasteiger partial charge in [-0.25, -0.2) is 13.1 Å². The number of primary amides is 1. The van der Waals surface area contributed by atoms with E-state index in [1.54, 1.807) is 0 Å². The van der Waals surface area contributed by atoms with Crippen molar-refractivity contribution >= 4 is 33.2 Å². The Morgan fingerprint density at radius 3 is 2.59 bits per heavy atom. The highest BCUT2D eigenvalue weighted by Crippen LogP contribution is 2.21. The van der Waals surface area contributed by atoms with Crippen molar-refractivity contribution in [2.75, 3.05) is 6.54 Å². The molecule has 17 heavy (non-hydrogen) atoms. The van der Waals surface area contributed by atoms with Gasteiger partial charge in [0.2, 0.25) is 5.91 Å². The van der Waals surface area contributed by atoms with Crippen molar-refractivity contribution in [2.24, 2.45) is 5.73 Å². The number of carbonyl (C=O) groups is 2. The lowest BCUT2D eigenvalue weighted by Gasteiger charge is -2.01. The smallest absolute Gasteiger partial charge is 0.308 e. The highest BCUT2D eigenvalue weighted by Gasteiger charge is 2.17. The average Bonchev–Trinajstić information content (AvgIpc) is 2.63. The first-order chi connectivity index (χ1) is 7.81. The summed E-state index contributed by atoms with van der Waals surface area (Å²) in [6.45, 7) is -0.492. The van der Waals surface area contributed by atoms with Crippen LogP contribution < -0.4 is 10.5 Å². The van der Waals surface area contributed by atoms with E-state index < -0.39 is 28.4 Å². The van der Waals surface area contributed by atoms with Gasteiger partial charge in [0, 0.05) is 4.88 Å². The lowest BCUT2D eigenvalue weighted by molar-refractivity contribution is -0.136. The molecule has 0 bridgehead atoms. The fourth-order valence-corrected chi connectivity index (χ4v) is 3.37. The number of nitrogens with one attached hydrogen (secondary N) is 1. The maximum Gasteiger partial charge on any atom is 0.308 e. The molecule has 0 aliphatic heterocycles. The average molecular weight is 278 g/mol. The fourth-order valence-electron chi connectivity index (χ4n) is 0.984. The number of aliphatic carboxylic acids is 1. The van der Waals surface area contributed by atoms with Gasteiger partial charge in [0.1, 0.15) is 4.21 Å². The molecule has 9 heteroatoms. The topological polar surface area (TPSA) is 127 Å². The normalized spacial score (nSPS) is 11.3. The van der Waals surface area contributed by atoms with Crippen LogP contribution in [0.1, 0.15) is 4.88 Å². The third-order valence-electron chi connectivity index (χ3n) is 1.66. The number of nitrogens with two attached hydrogens (primary N) is 1. The molecule has 0 fully saturated rings. The van der Waals surface area contributed by atoms with Crippen molar-refractivity contribution < 1.29 is 23.1 Å². The molecular weight excluding hydrogens is 268 g/mol. The standard InChI is InChI=1S/C8H10N2O5S2/c9-6(11)4-10-17(14,15)8-2-1-5(16-8)3-7(12)13/h1-2,10H,3-4H2,(H2,9,11)(H,12,13). The highest BCUT2D eigenvalue weighted by molar-refractivity contribution is 7.91. The van der Waals surface area contributed by atoms with Gasteiger partial charge in [-0.05, 0) is 12.1 Å². The molecule has 0 aliphatic rings. The van der Waals surface area contributed by atoms with Crippen LogP contribution in [-0.2, 0) is 26.0 Å². The summed E-state index contributed by atoms with van der Waals surface area (Å²) in [6, 6.07) is 2.70. The first kappa shape index (κ1) is 13.6. The molecule has 0 spiro atoms. The molecule has 1 aromatic heterocycles. The molecule has 7 nitrogen and oxygen atoms in total. The number of hydrogen-bond acceptors (Lipinski definition) is 5. The Balaban J connectivity index is 2.81. The largest absolute Gasteiger partial charge is 0.481 e. The van der Waals surface area contributed by atoms with E-state index in [9.17, 15) is 18.0 Å². The summed E-state index contributed by atoms with van der Waals surface area (Å²) in [6.07, 6.45) is -0.240. The molecule has 0 unspecified atom stereocenters. The number of rotatable bonds is 6. The minimum atomic E-state index is -3.80. The SMILES string of the molecule is NC(=O)CNS(=O)(=O)c1ccc(CC(=O)O)s1. The predicted octanol–water partition coefficient (Wildman–Crippen LogP) is -0.861. The van der Waals surface area contributed by atoms with Gasteiger partial charge in [0.15, 0.2) is 0 Å². The second kappa shape index (κ2) is 5.25. The van der Waals surface area contributed by atoms with Gasteiger partial charge in [0.05, 0.1) is 13.0 Å². The van der Waals surface area contributed by atoms with Crippen LogP contribution in [0.5, 0.6) is 0 Å². The van der Waals surface area contributed by atoms with E-state index in [0.29, 0.717) is 4.88 Å². The molecule has 1 heterocycles. The van der Waals surface area contributed by atoms with E-state index in [0.717, 1.165) is 11.3 Å². The summed E-state index contributed by atoms with van der Waals surface area (Å²) < 4.78 is 25.1. The Morgan fingerprint density at radius 2 is 2.06 bits per heavy atom. The zero-order valence-corrected chi connectivity index (χ0v) is 10.2. The summed E-state index contributed by atoms with van der Waals surface area (Å²) in [5.74, 6) is -1.84. The molecule has 0 atom stereocenters. The number of amides is 1. The zero-order chi connectivity index (χ0) is 13.1. The molecule has 0 aromatic carbocycles. The maximum absolute atomic E-state index is 11.6. The molecule has 1 aromatic rings. The van der Waals surface area contributed by atoms with Crippen molar-refractivity contribution in [2.45, 2.75) is 10.6 Å². The monoisotopic (exact) mass is 278 g/mol. The second-order valence-electron chi connectivity index (χ2n) is 3.08. The molecule has 4 N–H and O–H groups in total. The van der Waals surface area contributed by atoms with Gasteiger partial charge < -0.3 is 10.8 Å². The number of carboxylic acid groups (broad SMARTS) is 1. The first-order valence-corrected chi connectivity index (χ1v) is 6.69. The molecule has 0 saturated carbocycles. The molecular formula is C8H10N2O5S2. The van der Waals surface area contributed by atoms with Gasteiger partial charge in [-0.2, -0.15) is 0 Å². The van der Waals surface area contributed by atoms with Gasteiger partial charge in [-0.15, -0.1) is 11.3 Å². The highest BCUT2D eigenvalue weighted by atomic mass is 32.2. The van der Waals surface area contributed by atoms with Crippen LogP contribution in [0.4, 0.5) is 0 Å². The van der Waals surface area contributed by atoms with Crippen LogP contribution >= 0.6 is 11.3 Å². The summed E-state index contributed by atoms with van der Waals surface area (Å²) in [5, 5.41) is 8.54. The number of thiophene rings is 1. The molecule has 94 valence electrons. The minimum absolute atomic E-state index is 0.0463. The van der Waals surface area contributed by atoms with Crippen molar-refractivity contribution in [3.63, 3.8) is 0 Å². The van der Waals surface area contributed by atoms with Crippen LogP contribution in [-0.4, -0.2) is 31.9 Å². The van der Waals surface area contributed by atoms with E-state index in [4.69, 9.17) is 10.8 Å². The third-order valence-corrected chi connectivity index (χ3v) is 4.64. The molecule has 1 amide bonds. The number of carbonyl (C=O) groups excluding carboxylic acids is 1. The van der Waals surface area contributed by atoms with Gasteiger partial charge >= 0.3 is 5.97 Å². The molecule has 0 radical (unpaired) electrons. The Kier molecular flexibility index (Phi) is 4.21. The van der Waals surface area contributed by atoms with Gasteiger partial charge in [-0.1, -0.05) is 0 Å². The number of sulfonamides is 1. The van der Waals surface area contributed by atoms with Crippen LogP contribution in [0.3, 0.4) is 0 Å². The van der Waals surface area contributed by atoms with Crippen molar-refractivity contribution in [3.05, 3.63) is 17.0 Å². The Morgan fingerprint density at radius 1 is 1.41 bits per heavy atom. The second-order valence-corrected chi connectivity index (χ2v) is 6.24. The predicted molar refractivity (Wildman–Crippen MR) is 60.0 cm³/mol. The third kappa shape index (κ3) is 4.13.